The maximum Gasteiger partial charge on any atom is 0.118 e. The second-order valence-electron chi connectivity index (χ2n) is 4.87. The molecule has 0 fully saturated rings. The molecule has 0 atom stereocenters. The molecule has 0 unspecified atom stereocenters. The van der Waals surface area contributed by atoms with Crippen LogP contribution in [0.3, 0.4) is 0 Å². The molecule has 0 aliphatic rings. The van der Waals surface area contributed by atoms with E-state index in [1.807, 2.05) is 12.1 Å². The Balaban J connectivity index is 2.44. The fraction of sp³-hybridized carbons (Fsp3) is 0.600. The Labute approximate surface area is 111 Å². The van der Waals surface area contributed by atoms with Gasteiger partial charge in [-0.3, -0.25) is 0 Å². The van der Waals surface area contributed by atoms with E-state index in [4.69, 9.17) is 10.5 Å². The van der Waals surface area contributed by atoms with Crippen molar-refractivity contribution in [3.8, 4) is 5.75 Å². The number of rotatable bonds is 8. The van der Waals surface area contributed by atoms with Crippen molar-refractivity contribution < 1.29 is 4.74 Å². The van der Waals surface area contributed by atoms with E-state index < -0.39 is 0 Å². The van der Waals surface area contributed by atoms with Gasteiger partial charge in [-0.25, -0.2) is 0 Å². The van der Waals surface area contributed by atoms with Crippen molar-refractivity contribution in [3.63, 3.8) is 0 Å². The predicted molar refractivity (Wildman–Crippen MR) is 77.1 cm³/mol. The smallest absolute Gasteiger partial charge is 0.118 e. The molecule has 2 N–H and O–H groups in total. The molecule has 0 aliphatic carbocycles. The van der Waals surface area contributed by atoms with Crippen molar-refractivity contribution in [2.45, 2.75) is 32.7 Å². The summed E-state index contributed by atoms with van der Waals surface area (Å²) in [5.41, 5.74) is 6.93. The van der Waals surface area contributed by atoms with E-state index in [1.54, 1.807) is 7.11 Å². The van der Waals surface area contributed by atoms with E-state index in [9.17, 15) is 0 Å². The number of ether oxygens (including phenoxy) is 1. The minimum Gasteiger partial charge on any atom is -0.497 e. The molecule has 0 amide bonds. The molecule has 0 aliphatic heterocycles. The van der Waals surface area contributed by atoms with Gasteiger partial charge in [-0.15, -0.1) is 0 Å². The van der Waals surface area contributed by atoms with Gasteiger partial charge in [-0.2, -0.15) is 0 Å². The van der Waals surface area contributed by atoms with Crippen LogP contribution in [0.2, 0.25) is 0 Å². The molecule has 3 nitrogen and oxygen atoms in total. The summed E-state index contributed by atoms with van der Waals surface area (Å²) in [5.74, 6) is 0.919. The Bertz CT molecular complexity index is 322. The first kappa shape index (κ1) is 15.0. The minimum atomic E-state index is 0.579. The van der Waals surface area contributed by atoms with Crippen LogP contribution in [0, 0.1) is 0 Å². The Morgan fingerprint density at radius 2 is 1.83 bits per heavy atom. The molecular weight excluding hydrogens is 224 g/mol. The van der Waals surface area contributed by atoms with Crippen LogP contribution >= 0.6 is 0 Å². The Kier molecular flexibility index (Phi) is 6.76. The van der Waals surface area contributed by atoms with Crippen molar-refractivity contribution >= 4 is 0 Å². The summed E-state index contributed by atoms with van der Waals surface area (Å²) in [5, 5.41) is 0. The van der Waals surface area contributed by atoms with Gasteiger partial charge in [0.15, 0.2) is 0 Å². The molecule has 3 heteroatoms. The number of hydrogen-bond donors (Lipinski definition) is 1. The number of methoxy groups -OCH3 is 1. The number of benzene rings is 1. The molecule has 0 saturated heterocycles. The lowest BCUT2D eigenvalue weighted by molar-refractivity contribution is 0.223. The van der Waals surface area contributed by atoms with Crippen LogP contribution in [-0.2, 0) is 6.42 Å². The van der Waals surface area contributed by atoms with Crippen molar-refractivity contribution in [3.05, 3.63) is 29.8 Å². The van der Waals surface area contributed by atoms with Crippen LogP contribution in [0.1, 0.15) is 25.8 Å². The maximum absolute atomic E-state index is 5.58. The van der Waals surface area contributed by atoms with Gasteiger partial charge in [-0.05, 0) is 57.5 Å². The van der Waals surface area contributed by atoms with Gasteiger partial charge in [0.2, 0.25) is 0 Å². The van der Waals surface area contributed by atoms with Crippen LogP contribution in [0.4, 0.5) is 0 Å². The summed E-state index contributed by atoms with van der Waals surface area (Å²) >= 11 is 0. The fourth-order valence-electron chi connectivity index (χ4n) is 1.99. The standard InChI is InChI=1S/C15H26N2O/c1-13(2)17(11-4-10-16)12-9-14-5-7-15(18-3)8-6-14/h5-8,13H,4,9-12,16H2,1-3H3. The molecular formula is C15H26N2O. The van der Waals surface area contributed by atoms with Gasteiger partial charge in [0, 0.05) is 12.6 Å². The molecule has 0 aromatic heterocycles. The first-order chi connectivity index (χ1) is 8.67. The van der Waals surface area contributed by atoms with E-state index in [-0.39, 0.29) is 0 Å². The second-order valence-corrected chi connectivity index (χ2v) is 4.87. The first-order valence-corrected chi connectivity index (χ1v) is 6.74. The monoisotopic (exact) mass is 250 g/mol. The van der Waals surface area contributed by atoms with Gasteiger partial charge >= 0.3 is 0 Å². The van der Waals surface area contributed by atoms with Crippen LogP contribution in [0.15, 0.2) is 24.3 Å². The zero-order valence-electron chi connectivity index (χ0n) is 11.9. The third-order valence-corrected chi connectivity index (χ3v) is 3.23. The number of nitrogens with zero attached hydrogens (tertiary/aromatic N) is 1. The minimum absolute atomic E-state index is 0.579. The molecule has 1 rings (SSSR count). The molecule has 18 heavy (non-hydrogen) atoms. The molecule has 1 aromatic carbocycles. The van der Waals surface area contributed by atoms with Gasteiger partial charge in [0.25, 0.3) is 0 Å². The van der Waals surface area contributed by atoms with Crippen LogP contribution in [0.25, 0.3) is 0 Å². The van der Waals surface area contributed by atoms with E-state index in [0.29, 0.717) is 6.04 Å². The van der Waals surface area contributed by atoms with Crippen LogP contribution < -0.4 is 10.5 Å². The lowest BCUT2D eigenvalue weighted by atomic mass is 10.1. The second kappa shape index (κ2) is 8.11. The summed E-state index contributed by atoms with van der Waals surface area (Å²) in [6.45, 7) is 7.43. The van der Waals surface area contributed by atoms with E-state index in [1.165, 1.54) is 5.56 Å². The van der Waals surface area contributed by atoms with Crippen molar-refractivity contribution in [1.29, 1.82) is 0 Å². The van der Waals surface area contributed by atoms with E-state index in [0.717, 1.165) is 38.2 Å². The maximum atomic E-state index is 5.58. The zero-order chi connectivity index (χ0) is 13.4. The molecule has 0 bridgehead atoms. The first-order valence-electron chi connectivity index (χ1n) is 6.74. The Morgan fingerprint density at radius 1 is 1.17 bits per heavy atom. The highest BCUT2D eigenvalue weighted by atomic mass is 16.5. The molecule has 0 heterocycles. The average Bonchev–Trinajstić information content (AvgIpc) is 2.39. The van der Waals surface area contributed by atoms with Gasteiger partial charge < -0.3 is 15.4 Å². The third kappa shape index (κ3) is 5.07. The molecule has 1 aromatic rings. The SMILES string of the molecule is COc1ccc(CCN(CCCN)C(C)C)cc1. The summed E-state index contributed by atoms with van der Waals surface area (Å²) in [6, 6.07) is 8.90. The zero-order valence-corrected chi connectivity index (χ0v) is 11.9. The fourth-order valence-corrected chi connectivity index (χ4v) is 1.99. The lowest BCUT2D eigenvalue weighted by Crippen LogP contribution is -2.34. The highest BCUT2D eigenvalue weighted by Crippen LogP contribution is 2.12. The Hall–Kier alpha value is -1.06. The molecule has 102 valence electrons. The Morgan fingerprint density at radius 3 is 2.33 bits per heavy atom. The van der Waals surface area contributed by atoms with E-state index in [2.05, 4.69) is 30.9 Å². The van der Waals surface area contributed by atoms with Crippen molar-refractivity contribution in [1.82, 2.24) is 4.90 Å². The normalized spacial score (nSPS) is 11.2. The largest absolute Gasteiger partial charge is 0.497 e. The topological polar surface area (TPSA) is 38.5 Å². The quantitative estimate of drug-likeness (QED) is 0.769. The highest BCUT2D eigenvalue weighted by Gasteiger charge is 2.08. The van der Waals surface area contributed by atoms with Gasteiger partial charge in [0.1, 0.15) is 5.75 Å². The predicted octanol–water partition coefficient (Wildman–Crippen LogP) is 2.30. The van der Waals surface area contributed by atoms with E-state index >= 15 is 0 Å². The lowest BCUT2D eigenvalue weighted by Gasteiger charge is -2.26. The van der Waals surface area contributed by atoms with Crippen molar-refractivity contribution in [2.75, 3.05) is 26.7 Å². The molecule has 0 radical (unpaired) electrons. The number of nitrogens with two attached hydrogens (primary N) is 1. The average molecular weight is 250 g/mol. The summed E-state index contributed by atoms with van der Waals surface area (Å²) < 4.78 is 5.16. The van der Waals surface area contributed by atoms with Gasteiger partial charge in [-0.1, -0.05) is 12.1 Å². The molecule has 0 spiro atoms. The summed E-state index contributed by atoms with van der Waals surface area (Å²) in [6.07, 6.45) is 2.15. The molecule has 0 saturated carbocycles. The van der Waals surface area contributed by atoms with Crippen LogP contribution in [0.5, 0.6) is 5.75 Å². The summed E-state index contributed by atoms with van der Waals surface area (Å²) in [7, 11) is 1.70. The van der Waals surface area contributed by atoms with Crippen LogP contribution in [-0.4, -0.2) is 37.7 Å². The number of hydrogen-bond acceptors (Lipinski definition) is 3. The van der Waals surface area contributed by atoms with Gasteiger partial charge in [0.05, 0.1) is 7.11 Å². The summed E-state index contributed by atoms with van der Waals surface area (Å²) in [4.78, 5) is 2.48. The highest BCUT2D eigenvalue weighted by molar-refractivity contribution is 5.27. The third-order valence-electron chi connectivity index (χ3n) is 3.23. The van der Waals surface area contributed by atoms with Crippen molar-refractivity contribution in [2.24, 2.45) is 5.73 Å².